The summed E-state index contributed by atoms with van der Waals surface area (Å²) in [5.74, 6) is 0.954. The van der Waals surface area contributed by atoms with Gasteiger partial charge in [0.1, 0.15) is 0 Å². The first-order valence-corrected chi connectivity index (χ1v) is 3.81. The van der Waals surface area contributed by atoms with Crippen molar-refractivity contribution in [2.24, 2.45) is 5.92 Å². The van der Waals surface area contributed by atoms with Crippen LogP contribution in [0, 0.1) is 5.92 Å². The molecule has 0 aliphatic heterocycles. The Morgan fingerprint density at radius 1 is 1.22 bits per heavy atom. The Kier molecular flexibility index (Phi) is 10.4. The maximum atomic E-state index is 2.33. The Morgan fingerprint density at radius 2 is 1.78 bits per heavy atom. The lowest BCUT2D eigenvalue weighted by Gasteiger charge is -2.04. The molecular formula is C9H22. The van der Waals surface area contributed by atoms with Crippen LogP contribution in [0.25, 0.3) is 0 Å². The average Bonchev–Trinajstić information content (AvgIpc) is 1.83. The molecule has 0 aromatic rings. The highest BCUT2D eigenvalue weighted by molar-refractivity contribution is 4.47. The summed E-state index contributed by atoms with van der Waals surface area (Å²) in [6.07, 6.45) is 5.53. The molecule has 0 fully saturated rings. The van der Waals surface area contributed by atoms with Crippen LogP contribution in [-0.2, 0) is 0 Å². The zero-order chi connectivity index (χ0) is 6.41. The van der Waals surface area contributed by atoms with Gasteiger partial charge >= 0.3 is 0 Å². The lowest BCUT2D eigenvalue weighted by atomic mass is 10.0. The van der Waals surface area contributed by atoms with E-state index in [4.69, 9.17) is 0 Å². The maximum Gasteiger partial charge on any atom is -0.0445 e. The minimum absolute atomic E-state index is 0. The lowest BCUT2D eigenvalue weighted by Crippen LogP contribution is -1.89. The van der Waals surface area contributed by atoms with Gasteiger partial charge in [-0.1, -0.05) is 53.9 Å². The third-order valence-corrected chi connectivity index (χ3v) is 1.75. The van der Waals surface area contributed by atoms with E-state index in [1.54, 1.807) is 0 Å². The predicted molar refractivity (Wildman–Crippen MR) is 45.7 cm³/mol. The smallest absolute Gasteiger partial charge is 0.0445 e. The van der Waals surface area contributed by atoms with Crippen molar-refractivity contribution in [1.82, 2.24) is 0 Å². The summed E-state index contributed by atoms with van der Waals surface area (Å²) in [5.41, 5.74) is 0. The minimum Gasteiger partial charge on any atom is -0.0776 e. The summed E-state index contributed by atoms with van der Waals surface area (Å²) >= 11 is 0. The van der Waals surface area contributed by atoms with E-state index < -0.39 is 0 Å². The Hall–Kier alpha value is 0. The number of hydrogen-bond donors (Lipinski definition) is 0. The van der Waals surface area contributed by atoms with Crippen LogP contribution >= 0.6 is 0 Å². The summed E-state index contributed by atoms with van der Waals surface area (Å²) < 4.78 is 0. The van der Waals surface area contributed by atoms with Gasteiger partial charge in [-0.05, 0) is 5.92 Å². The number of hydrogen-bond acceptors (Lipinski definition) is 0. The molecule has 0 spiro atoms. The van der Waals surface area contributed by atoms with E-state index in [2.05, 4.69) is 20.8 Å². The molecule has 58 valence electrons. The van der Waals surface area contributed by atoms with Crippen molar-refractivity contribution in [2.45, 2.75) is 53.9 Å². The van der Waals surface area contributed by atoms with Crippen molar-refractivity contribution in [3.05, 3.63) is 0 Å². The maximum absolute atomic E-state index is 2.33. The summed E-state index contributed by atoms with van der Waals surface area (Å²) in [4.78, 5) is 0. The normalized spacial score (nSPS) is 12.3. The molecule has 0 N–H and O–H groups in total. The van der Waals surface area contributed by atoms with Gasteiger partial charge in [0.25, 0.3) is 0 Å². The molecule has 1 atom stereocenters. The highest BCUT2D eigenvalue weighted by atomic mass is 14.0. The second-order valence-corrected chi connectivity index (χ2v) is 2.66. The fourth-order valence-corrected chi connectivity index (χ4v) is 0.757. The highest BCUT2D eigenvalue weighted by Crippen LogP contribution is 2.09. The summed E-state index contributed by atoms with van der Waals surface area (Å²) in [6, 6.07) is 0. The molecule has 0 amide bonds. The van der Waals surface area contributed by atoms with Crippen LogP contribution in [0.4, 0.5) is 0 Å². The Labute approximate surface area is 60.7 Å². The molecule has 0 aliphatic carbocycles. The molecule has 0 nitrogen and oxygen atoms in total. The largest absolute Gasteiger partial charge is 0.0776 e. The molecule has 0 radical (unpaired) electrons. The minimum atomic E-state index is 0. The van der Waals surface area contributed by atoms with E-state index in [1.807, 2.05) is 0 Å². The van der Waals surface area contributed by atoms with Crippen LogP contribution < -0.4 is 0 Å². The Bertz CT molecular complexity index is 39.3. The van der Waals surface area contributed by atoms with Crippen molar-refractivity contribution in [3.63, 3.8) is 0 Å². The molecule has 0 heterocycles. The van der Waals surface area contributed by atoms with E-state index in [1.165, 1.54) is 25.7 Å². The summed E-state index contributed by atoms with van der Waals surface area (Å²) in [7, 11) is 0. The number of rotatable bonds is 4. The molecule has 0 aromatic carbocycles. The van der Waals surface area contributed by atoms with E-state index in [0.717, 1.165) is 5.92 Å². The van der Waals surface area contributed by atoms with Crippen LogP contribution in [-0.4, -0.2) is 0 Å². The first-order chi connectivity index (χ1) is 3.81. The molecule has 0 unspecified atom stereocenters. The van der Waals surface area contributed by atoms with E-state index in [0.29, 0.717) is 0 Å². The third-order valence-electron chi connectivity index (χ3n) is 1.75. The van der Waals surface area contributed by atoms with Crippen LogP contribution in [0.2, 0.25) is 0 Å². The van der Waals surface area contributed by atoms with Crippen LogP contribution in [0.3, 0.4) is 0 Å². The standard InChI is InChI=1S/C8H18.CH4/c1-4-6-7-8(3)5-2;/h8H,4-7H2,1-3H3;1H4/t8-;/m1./s1. The Morgan fingerprint density at radius 3 is 2.11 bits per heavy atom. The molecule has 0 aromatic heterocycles. The first kappa shape index (κ1) is 11.8. The zero-order valence-electron chi connectivity index (χ0n) is 6.41. The molecule has 0 heteroatoms. The van der Waals surface area contributed by atoms with Gasteiger partial charge in [-0.3, -0.25) is 0 Å². The van der Waals surface area contributed by atoms with Crippen molar-refractivity contribution >= 4 is 0 Å². The van der Waals surface area contributed by atoms with Gasteiger partial charge in [0.15, 0.2) is 0 Å². The van der Waals surface area contributed by atoms with Crippen molar-refractivity contribution in [1.29, 1.82) is 0 Å². The molecule has 0 aliphatic rings. The topological polar surface area (TPSA) is 0 Å². The predicted octanol–water partition coefficient (Wildman–Crippen LogP) is 3.86. The third kappa shape index (κ3) is 8.00. The first-order valence-electron chi connectivity index (χ1n) is 3.81. The van der Waals surface area contributed by atoms with Gasteiger partial charge in [-0.15, -0.1) is 0 Å². The summed E-state index contributed by atoms with van der Waals surface area (Å²) in [5, 5.41) is 0. The monoisotopic (exact) mass is 130 g/mol. The van der Waals surface area contributed by atoms with Crippen molar-refractivity contribution in [2.75, 3.05) is 0 Å². The number of unbranched alkanes of at least 4 members (excludes halogenated alkanes) is 1. The summed E-state index contributed by atoms with van der Waals surface area (Å²) in [6.45, 7) is 6.85. The van der Waals surface area contributed by atoms with E-state index >= 15 is 0 Å². The second kappa shape index (κ2) is 8.00. The molecular weight excluding hydrogens is 108 g/mol. The fraction of sp³-hybridized carbons (Fsp3) is 1.00. The lowest BCUT2D eigenvalue weighted by molar-refractivity contribution is 0.492. The molecule has 9 heavy (non-hydrogen) atoms. The SMILES string of the molecule is C.CCCC[C@H](C)CC. The molecule has 0 saturated carbocycles. The van der Waals surface area contributed by atoms with Gasteiger partial charge in [-0.2, -0.15) is 0 Å². The van der Waals surface area contributed by atoms with Gasteiger partial charge in [0.05, 0.1) is 0 Å². The van der Waals surface area contributed by atoms with Gasteiger partial charge in [0.2, 0.25) is 0 Å². The molecule has 0 bridgehead atoms. The Balaban J connectivity index is 0. The van der Waals surface area contributed by atoms with E-state index in [-0.39, 0.29) is 7.43 Å². The van der Waals surface area contributed by atoms with Gasteiger partial charge in [0, 0.05) is 0 Å². The second-order valence-electron chi connectivity index (χ2n) is 2.66. The van der Waals surface area contributed by atoms with Gasteiger partial charge < -0.3 is 0 Å². The van der Waals surface area contributed by atoms with Gasteiger partial charge in [-0.25, -0.2) is 0 Å². The zero-order valence-corrected chi connectivity index (χ0v) is 6.41. The van der Waals surface area contributed by atoms with Crippen LogP contribution in [0.5, 0.6) is 0 Å². The highest BCUT2D eigenvalue weighted by Gasteiger charge is 1.94. The van der Waals surface area contributed by atoms with Crippen LogP contribution in [0.15, 0.2) is 0 Å². The molecule has 0 saturated heterocycles. The van der Waals surface area contributed by atoms with Crippen molar-refractivity contribution in [3.8, 4) is 0 Å². The average molecular weight is 130 g/mol. The van der Waals surface area contributed by atoms with Crippen molar-refractivity contribution < 1.29 is 0 Å². The molecule has 0 rings (SSSR count). The quantitative estimate of drug-likeness (QED) is 0.542. The fourth-order valence-electron chi connectivity index (χ4n) is 0.757. The van der Waals surface area contributed by atoms with E-state index in [9.17, 15) is 0 Å². The van der Waals surface area contributed by atoms with Crippen LogP contribution in [0.1, 0.15) is 53.9 Å².